The van der Waals surface area contributed by atoms with Crippen LogP contribution >= 0.6 is 11.3 Å². The van der Waals surface area contributed by atoms with Crippen LogP contribution in [-0.2, 0) is 0 Å². The van der Waals surface area contributed by atoms with Gasteiger partial charge < -0.3 is 15.5 Å². The summed E-state index contributed by atoms with van der Waals surface area (Å²) in [6.45, 7) is 8.13. The van der Waals surface area contributed by atoms with Gasteiger partial charge in [-0.25, -0.2) is 0 Å². The molecule has 0 saturated carbocycles. The SMILES string of the molecule is Cc1nnc(C(=O)Nc2ccc(C(=O)NCCCN3CCC[C@H](C)C3)cc2)s1. The van der Waals surface area contributed by atoms with Gasteiger partial charge in [-0.3, -0.25) is 9.59 Å². The summed E-state index contributed by atoms with van der Waals surface area (Å²) in [5, 5.41) is 14.5. The lowest BCUT2D eigenvalue weighted by Gasteiger charge is -2.30. The molecule has 1 saturated heterocycles. The van der Waals surface area contributed by atoms with Gasteiger partial charge in [0.1, 0.15) is 5.01 Å². The third-order valence-electron chi connectivity index (χ3n) is 4.80. The number of benzene rings is 1. The van der Waals surface area contributed by atoms with E-state index in [2.05, 4.69) is 32.7 Å². The van der Waals surface area contributed by atoms with Crippen molar-refractivity contribution in [1.29, 1.82) is 0 Å². The van der Waals surface area contributed by atoms with Crippen molar-refractivity contribution in [3.8, 4) is 0 Å². The Morgan fingerprint density at radius 3 is 2.68 bits per heavy atom. The molecule has 0 spiro atoms. The largest absolute Gasteiger partial charge is 0.352 e. The lowest BCUT2D eigenvalue weighted by molar-refractivity contribution is 0.0949. The van der Waals surface area contributed by atoms with E-state index in [1.807, 2.05) is 0 Å². The van der Waals surface area contributed by atoms with Crippen LogP contribution in [0.25, 0.3) is 0 Å². The first-order valence-corrected chi connectivity index (χ1v) is 10.5. The van der Waals surface area contributed by atoms with Gasteiger partial charge in [0.25, 0.3) is 11.8 Å². The van der Waals surface area contributed by atoms with Gasteiger partial charge in [0.15, 0.2) is 0 Å². The summed E-state index contributed by atoms with van der Waals surface area (Å²) >= 11 is 1.24. The molecule has 1 aromatic heterocycles. The second-order valence-corrected chi connectivity index (χ2v) is 8.50. The van der Waals surface area contributed by atoms with E-state index >= 15 is 0 Å². The molecular formula is C20H27N5O2S. The van der Waals surface area contributed by atoms with Crippen molar-refractivity contribution in [1.82, 2.24) is 20.4 Å². The summed E-state index contributed by atoms with van der Waals surface area (Å²) in [6, 6.07) is 6.86. The van der Waals surface area contributed by atoms with Gasteiger partial charge in [-0.05, 0) is 69.5 Å². The van der Waals surface area contributed by atoms with Gasteiger partial charge in [0.2, 0.25) is 5.01 Å². The van der Waals surface area contributed by atoms with E-state index in [1.54, 1.807) is 31.2 Å². The highest BCUT2D eigenvalue weighted by Crippen LogP contribution is 2.16. The van der Waals surface area contributed by atoms with Crippen LogP contribution in [0.2, 0.25) is 0 Å². The van der Waals surface area contributed by atoms with E-state index in [1.165, 1.54) is 30.7 Å². The average molecular weight is 402 g/mol. The molecule has 0 radical (unpaired) electrons. The molecule has 1 aliphatic rings. The highest BCUT2D eigenvalue weighted by molar-refractivity contribution is 7.13. The Kier molecular flexibility index (Phi) is 7.11. The topological polar surface area (TPSA) is 87.2 Å². The maximum absolute atomic E-state index is 12.3. The minimum atomic E-state index is -0.296. The molecule has 1 fully saturated rings. The van der Waals surface area contributed by atoms with Crippen LogP contribution < -0.4 is 10.6 Å². The zero-order chi connectivity index (χ0) is 19.9. The molecule has 2 aromatic rings. The third kappa shape index (κ3) is 5.84. The lowest BCUT2D eigenvalue weighted by Crippen LogP contribution is -2.36. The van der Waals surface area contributed by atoms with Gasteiger partial charge in [0.05, 0.1) is 0 Å². The third-order valence-corrected chi connectivity index (χ3v) is 5.64. The number of hydrogen-bond donors (Lipinski definition) is 2. The van der Waals surface area contributed by atoms with E-state index in [4.69, 9.17) is 0 Å². The van der Waals surface area contributed by atoms with Crippen LogP contribution in [0.15, 0.2) is 24.3 Å². The Bertz CT molecular complexity index is 805. The van der Waals surface area contributed by atoms with Gasteiger partial charge in [-0.15, -0.1) is 10.2 Å². The minimum absolute atomic E-state index is 0.0929. The molecule has 0 aliphatic carbocycles. The van der Waals surface area contributed by atoms with E-state index in [9.17, 15) is 9.59 Å². The molecule has 1 aliphatic heterocycles. The number of hydrogen-bond acceptors (Lipinski definition) is 6. The van der Waals surface area contributed by atoms with Crippen molar-refractivity contribution in [3.05, 3.63) is 39.8 Å². The molecule has 0 bridgehead atoms. The number of rotatable bonds is 7. The van der Waals surface area contributed by atoms with E-state index in [0.717, 1.165) is 30.4 Å². The summed E-state index contributed by atoms with van der Waals surface area (Å²) in [4.78, 5) is 26.8. The molecule has 2 amide bonds. The van der Waals surface area contributed by atoms with Crippen molar-refractivity contribution in [2.75, 3.05) is 31.5 Å². The molecule has 2 N–H and O–H groups in total. The Balaban J connectivity index is 1.41. The zero-order valence-electron chi connectivity index (χ0n) is 16.4. The number of likely N-dealkylation sites (tertiary alicyclic amines) is 1. The Labute approximate surface area is 169 Å². The number of piperidine rings is 1. The Hall–Kier alpha value is -2.32. The standard InChI is InChI=1S/C20H27N5O2S/c1-14-5-3-11-25(13-14)12-4-10-21-18(26)16-6-8-17(9-7-16)22-19(27)20-24-23-15(2)28-20/h6-9,14H,3-5,10-13H2,1-2H3,(H,21,26)(H,22,27)/t14-/m0/s1. The number of carbonyl (C=O) groups excluding carboxylic acids is 2. The predicted molar refractivity (Wildman–Crippen MR) is 111 cm³/mol. The van der Waals surface area contributed by atoms with Crippen molar-refractivity contribution >= 4 is 28.8 Å². The minimum Gasteiger partial charge on any atom is -0.352 e. The summed E-state index contributed by atoms with van der Waals surface area (Å²) in [7, 11) is 0. The van der Waals surface area contributed by atoms with Crippen LogP contribution in [0.5, 0.6) is 0 Å². The van der Waals surface area contributed by atoms with Crippen molar-refractivity contribution in [2.24, 2.45) is 5.92 Å². The fraction of sp³-hybridized carbons (Fsp3) is 0.500. The molecule has 7 nitrogen and oxygen atoms in total. The monoisotopic (exact) mass is 401 g/mol. The molecule has 1 aromatic carbocycles. The summed E-state index contributed by atoms with van der Waals surface area (Å²) in [5.74, 6) is 0.387. The highest BCUT2D eigenvalue weighted by Gasteiger charge is 2.16. The quantitative estimate of drug-likeness (QED) is 0.697. The second kappa shape index (κ2) is 9.75. The van der Waals surface area contributed by atoms with Gasteiger partial charge in [0, 0.05) is 24.3 Å². The van der Waals surface area contributed by atoms with Crippen molar-refractivity contribution in [3.63, 3.8) is 0 Å². The smallest absolute Gasteiger partial charge is 0.286 e. The number of aryl methyl sites for hydroxylation is 1. The number of aromatic nitrogens is 2. The molecular weight excluding hydrogens is 374 g/mol. The van der Waals surface area contributed by atoms with E-state index < -0.39 is 0 Å². The summed E-state index contributed by atoms with van der Waals surface area (Å²) < 4.78 is 0. The van der Waals surface area contributed by atoms with Gasteiger partial charge in [-0.2, -0.15) is 0 Å². The maximum atomic E-state index is 12.3. The van der Waals surface area contributed by atoms with Crippen LogP contribution in [-0.4, -0.2) is 53.1 Å². The Morgan fingerprint density at radius 2 is 2.00 bits per heavy atom. The van der Waals surface area contributed by atoms with Crippen LogP contribution in [0.1, 0.15) is 51.4 Å². The molecule has 3 rings (SSSR count). The van der Waals surface area contributed by atoms with E-state index in [0.29, 0.717) is 22.8 Å². The second-order valence-electron chi connectivity index (χ2n) is 7.32. The number of amides is 2. The fourth-order valence-corrected chi connectivity index (χ4v) is 3.96. The fourth-order valence-electron chi connectivity index (χ4n) is 3.37. The average Bonchev–Trinajstić information content (AvgIpc) is 3.12. The van der Waals surface area contributed by atoms with Crippen LogP contribution in [0.4, 0.5) is 5.69 Å². The van der Waals surface area contributed by atoms with Gasteiger partial charge >= 0.3 is 0 Å². The number of nitrogens with zero attached hydrogens (tertiary/aromatic N) is 3. The van der Waals surface area contributed by atoms with Crippen LogP contribution in [0, 0.1) is 12.8 Å². The molecule has 1 atom stereocenters. The first-order valence-electron chi connectivity index (χ1n) is 9.73. The van der Waals surface area contributed by atoms with Crippen molar-refractivity contribution in [2.45, 2.75) is 33.1 Å². The predicted octanol–water partition coefficient (Wildman–Crippen LogP) is 2.95. The van der Waals surface area contributed by atoms with E-state index in [-0.39, 0.29) is 11.8 Å². The molecule has 8 heteroatoms. The zero-order valence-corrected chi connectivity index (χ0v) is 17.2. The summed E-state index contributed by atoms with van der Waals surface area (Å²) in [5.41, 5.74) is 1.20. The molecule has 28 heavy (non-hydrogen) atoms. The molecule has 150 valence electrons. The molecule has 2 heterocycles. The molecule has 0 unspecified atom stereocenters. The first-order chi connectivity index (χ1) is 13.5. The van der Waals surface area contributed by atoms with Crippen molar-refractivity contribution < 1.29 is 9.59 Å². The Morgan fingerprint density at radius 1 is 1.21 bits per heavy atom. The maximum Gasteiger partial charge on any atom is 0.286 e. The first kappa shape index (κ1) is 20.4. The number of nitrogens with one attached hydrogen (secondary N) is 2. The number of carbonyl (C=O) groups is 2. The van der Waals surface area contributed by atoms with Crippen LogP contribution in [0.3, 0.4) is 0 Å². The summed E-state index contributed by atoms with van der Waals surface area (Å²) in [6.07, 6.45) is 3.55. The number of anilines is 1. The lowest BCUT2D eigenvalue weighted by atomic mass is 10.0. The normalized spacial score (nSPS) is 17.3. The highest BCUT2D eigenvalue weighted by atomic mass is 32.1. The van der Waals surface area contributed by atoms with Gasteiger partial charge in [-0.1, -0.05) is 18.3 Å².